The molecule has 0 aliphatic heterocycles. The van der Waals surface area contributed by atoms with E-state index >= 15 is 0 Å². The van der Waals surface area contributed by atoms with Crippen molar-refractivity contribution in [2.75, 3.05) is 13.6 Å². The van der Waals surface area contributed by atoms with Crippen molar-refractivity contribution in [3.63, 3.8) is 0 Å². The van der Waals surface area contributed by atoms with Gasteiger partial charge in [0.05, 0.1) is 6.42 Å². The number of hydrogen-bond acceptors (Lipinski definition) is 4. The van der Waals surface area contributed by atoms with E-state index in [1.807, 2.05) is 4.98 Å². The normalized spacial score (nSPS) is 10.1. The van der Waals surface area contributed by atoms with E-state index < -0.39 is 23.1 Å². The van der Waals surface area contributed by atoms with Gasteiger partial charge < -0.3 is 10.0 Å². The summed E-state index contributed by atoms with van der Waals surface area (Å²) in [5.41, 5.74) is -1.22. The molecule has 0 saturated carbocycles. The average molecular weight is 255 g/mol. The molecule has 0 atom stereocenters. The van der Waals surface area contributed by atoms with Gasteiger partial charge in [-0.05, 0) is 0 Å². The van der Waals surface area contributed by atoms with Crippen molar-refractivity contribution in [2.24, 2.45) is 0 Å². The summed E-state index contributed by atoms with van der Waals surface area (Å²) in [7, 11) is 1.45. The molecule has 2 N–H and O–H groups in total. The second kappa shape index (κ2) is 5.80. The highest BCUT2D eigenvalue weighted by Gasteiger charge is 2.11. The highest BCUT2D eigenvalue weighted by Crippen LogP contribution is 1.91. The van der Waals surface area contributed by atoms with Crippen molar-refractivity contribution in [1.29, 1.82) is 0 Å². The van der Waals surface area contributed by atoms with Crippen LogP contribution in [0.15, 0.2) is 21.9 Å². The SMILES string of the molecule is CN(CCC(=O)O)C(=O)Cn1ccc(=O)[nH]c1=O. The number of carbonyl (C=O) groups is 2. The van der Waals surface area contributed by atoms with E-state index in [1.54, 1.807) is 0 Å². The number of amides is 1. The minimum Gasteiger partial charge on any atom is -0.481 e. The monoisotopic (exact) mass is 255 g/mol. The predicted octanol–water partition coefficient (Wildman–Crippen LogP) is -1.53. The molecule has 18 heavy (non-hydrogen) atoms. The zero-order chi connectivity index (χ0) is 13.7. The lowest BCUT2D eigenvalue weighted by atomic mass is 10.4. The van der Waals surface area contributed by atoms with E-state index in [2.05, 4.69) is 0 Å². The Kier molecular flexibility index (Phi) is 4.41. The summed E-state index contributed by atoms with van der Waals surface area (Å²) in [6.45, 7) is -0.183. The molecule has 0 saturated heterocycles. The number of likely N-dealkylation sites (N-methyl/N-ethyl adjacent to an activating group) is 1. The van der Waals surface area contributed by atoms with Crippen LogP contribution in [0.5, 0.6) is 0 Å². The van der Waals surface area contributed by atoms with Gasteiger partial charge in [-0.25, -0.2) is 4.79 Å². The maximum atomic E-state index is 11.6. The average Bonchev–Trinajstić information content (AvgIpc) is 2.29. The fourth-order valence-electron chi connectivity index (χ4n) is 1.22. The molecule has 0 spiro atoms. The summed E-state index contributed by atoms with van der Waals surface area (Å²) >= 11 is 0. The van der Waals surface area contributed by atoms with Crippen molar-refractivity contribution in [1.82, 2.24) is 14.5 Å². The molecular weight excluding hydrogens is 242 g/mol. The molecular formula is C10H13N3O5. The van der Waals surface area contributed by atoms with E-state index in [1.165, 1.54) is 18.1 Å². The van der Waals surface area contributed by atoms with Crippen molar-refractivity contribution < 1.29 is 14.7 Å². The first-order chi connectivity index (χ1) is 8.40. The van der Waals surface area contributed by atoms with E-state index in [-0.39, 0.29) is 19.5 Å². The number of hydrogen-bond donors (Lipinski definition) is 2. The van der Waals surface area contributed by atoms with E-state index in [0.29, 0.717) is 0 Å². The fourth-order valence-corrected chi connectivity index (χ4v) is 1.22. The molecule has 0 aromatic carbocycles. The summed E-state index contributed by atoms with van der Waals surface area (Å²) in [4.78, 5) is 47.3. The fraction of sp³-hybridized carbons (Fsp3) is 0.400. The Labute approximate surface area is 101 Å². The molecule has 0 aliphatic carbocycles. The third kappa shape index (κ3) is 3.89. The topological polar surface area (TPSA) is 112 Å². The predicted molar refractivity (Wildman–Crippen MR) is 61.2 cm³/mol. The number of nitrogens with zero attached hydrogens (tertiary/aromatic N) is 2. The Balaban J connectivity index is 2.66. The zero-order valence-electron chi connectivity index (χ0n) is 9.75. The number of aliphatic carboxylic acids is 1. The summed E-state index contributed by atoms with van der Waals surface area (Å²) in [6.07, 6.45) is 1.05. The maximum Gasteiger partial charge on any atom is 0.328 e. The number of aromatic nitrogens is 2. The summed E-state index contributed by atoms with van der Waals surface area (Å²) < 4.78 is 1.04. The van der Waals surface area contributed by atoms with E-state index in [9.17, 15) is 19.2 Å². The number of nitrogens with one attached hydrogen (secondary N) is 1. The molecule has 1 rings (SSSR count). The molecule has 0 bridgehead atoms. The van der Waals surface area contributed by atoms with Crippen LogP contribution >= 0.6 is 0 Å². The van der Waals surface area contributed by atoms with Gasteiger partial charge in [-0.1, -0.05) is 0 Å². The second-order valence-electron chi connectivity index (χ2n) is 3.70. The van der Waals surface area contributed by atoms with Crippen LogP contribution in [-0.4, -0.2) is 45.0 Å². The lowest BCUT2D eigenvalue weighted by molar-refractivity contribution is -0.138. The van der Waals surface area contributed by atoms with Crippen LogP contribution in [-0.2, 0) is 16.1 Å². The lowest BCUT2D eigenvalue weighted by Crippen LogP contribution is -2.37. The van der Waals surface area contributed by atoms with Gasteiger partial charge in [0, 0.05) is 25.9 Å². The molecule has 8 nitrogen and oxygen atoms in total. The summed E-state index contributed by atoms with van der Waals surface area (Å²) in [6, 6.07) is 1.13. The standard InChI is InChI=1S/C10H13N3O5/c1-12(4-3-9(16)17)8(15)6-13-5-2-7(14)11-10(13)18/h2,5H,3-4,6H2,1H3,(H,16,17)(H,11,14,18). The highest BCUT2D eigenvalue weighted by molar-refractivity contribution is 5.76. The van der Waals surface area contributed by atoms with E-state index in [0.717, 1.165) is 10.6 Å². The molecule has 0 radical (unpaired) electrons. The first kappa shape index (κ1) is 13.7. The summed E-state index contributed by atoms with van der Waals surface area (Å²) in [5, 5.41) is 8.48. The number of aromatic amines is 1. The number of carboxylic acid groups (broad SMARTS) is 1. The van der Waals surface area contributed by atoms with Crippen LogP contribution in [0.2, 0.25) is 0 Å². The Bertz CT molecular complexity index is 559. The maximum absolute atomic E-state index is 11.6. The lowest BCUT2D eigenvalue weighted by Gasteiger charge is -2.16. The molecule has 98 valence electrons. The van der Waals surface area contributed by atoms with Gasteiger partial charge in [0.1, 0.15) is 6.54 Å². The van der Waals surface area contributed by atoms with Gasteiger partial charge in [0.25, 0.3) is 5.56 Å². The van der Waals surface area contributed by atoms with Crippen LogP contribution in [0.25, 0.3) is 0 Å². The van der Waals surface area contributed by atoms with Crippen LogP contribution < -0.4 is 11.2 Å². The van der Waals surface area contributed by atoms with Gasteiger partial charge >= 0.3 is 11.7 Å². The molecule has 1 amide bonds. The van der Waals surface area contributed by atoms with E-state index in [4.69, 9.17) is 5.11 Å². The second-order valence-corrected chi connectivity index (χ2v) is 3.70. The minimum absolute atomic E-state index is 0.0618. The van der Waals surface area contributed by atoms with Crippen LogP contribution in [0, 0.1) is 0 Å². The first-order valence-corrected chi connectivity index (χ1v) is 5.15. The van der Waals surface area contributed by atoms with Crippen molar-refractivity contribution in [3.8, 4) is 0 Å². The largest absolute Gasteiger partial charge is 0.481 e. The van der Waals surface area contributed by atoms with Gasteiger partial charge in [0.15, 0.2) is 0 Å². The van der Waals surface area contributed by atoms with Crippen LogP contribution in [0.1, 0.15) is 6.42 Å². The van der Waals surface area contributed by atoms with Gasteiger partial charge in [-0.2, -0.15) is 0 Å². The summed E-state index contributed by atoms with van der Waals surface area (Å²) in [5.74, 6) is -1.42. The molecule has 0 aliphatic rings. The Morgan fingerprint density at radius 2 is 2.11 bits per heavy atom. The molecule has 1 aromatic rings. The Morgan fingerprint density at radius 3 is 2.67 bits per heavy atom. The Morgan fingerprint density at radius 1 is 1.44 bits per heavy atom. The minimum atomic E-state index is -1.00. The number of H-pyrrole nitrogens is 1. The quantitative estimate of drug-likeness (QED) is 0.662. The highest BCUT2D eigenvalue weighted by atomic mass is 16.4. The number of rotatable bonds is 5. The van der Waals surface area contributed by atoms with Crippen LogP contribution in [0.4, 0.5) is 0 Å². The third-order valence-corrected chi connectivity index (χ3v) is 2.29. The molecule has 8 heteroatoms. The first-order valence-electron chi connectivity index (χ1n) is 5.15. The molecule has 0 unspecified atom stereocenters. The van der Waals surface area contributed by atoms with Crippen molar-refractivity contribution >= 4 is 11.9 Å². The van der Waals surface area contributed by atoms with Crippen LogP contribution in [0.3, 0.4) is 0 Å². The zero-order valence-corrected chi connectivity index (χ0v) is 9.75. The third-order valence-electron chi connectivity index (χ3n) is 2.29. The molecule has 1 aromatic heterocycles. The van der Waals surface area contributed by atoms with Gasteiger partial charge in [0.2, 0.25) is 5.91 Å². The molecule has 0 fully saturated rings. The van der Waals surface area contributed by atoms with Crippen molar-refractivity contribution in [2.45, 2.75) is 13.0 Å². The van der Waals surface area contributed by atoms with Gasteiger partial charge in [-0.3, -0.25) is 23.9 Å². The number of carbonyl (C=O) groups excluding carboxylic acids is 1. The molecule has 1 heterocycles. The van der Waals surface area contributed by atoms with Gasteiger partial charge in [-0.15, -0.1) is 0 Å². The smallest absolute Gasteiger partial charge is 0.328 e. The van der Waals surface area contributed by atoms with Crippen molar-refractivity contribution in [3.05, 3.63) is 33.1 Å². The number of carboxylic acids is 1. The Hall–Kier alpha value is -2.38.